The van der Waals surface area contributed by atoms with Crippen LogP contribution in [0, 0.1) is 6.92 Å². The molecule has 94 valence electrons. The lowest BCUT2D eigenvalue weighted by atomic mass is 10.1. The van der Waals surface area contributed by atoms with Gasteiger partial charge in [-0.05, 0) is 45.9 Å². The molecule has 0 unspecified atom stereocenters. The highest BCUT2D eigenvalue weighted by Gasteiger charge is 2.12. The maximum absolute atomic E-state index is 12.1. The van der Waals surface area contributed by atoms with Crippen molar-refractivity contribution >= 4 is 38.9 Å². The average molecular weight is 325 g/mol. The number of halogens is 1. The summed E-state index contributed by atoms with van der Waals surface area (Å²) in [5, 5.41) is 4.87. The molecule has 2 rings (SSSR count). The smallest absolute Gasteiger partial charge is 0.253 e. The lowest BCUT2D eigenvalue weighted by Gasteiger charge is -2.09. The highest BCUT2D eigenvalue weighted by Crippen LogP contribution is 2.22. The third-order valence-corrected chi connectivity index (χ3v) is 4.56. The van der Waals surface area contributed by atoms with E-state index in [0.29, 0.717) is 17.8 Å². The first-order valence-electron chi connectivity index (χ1n) is 5.44. The lowest BCUT2D eigenvalue weighted by molar-refractivity contribution is 0.0951. The van der Waals surface area contributed by atoms with Crippen LogP contribution >= 0.6 is 27.3 Å². The van der Waals surface area contributed by atoms with Crippen LogP contribution in [0.5, 0.6) is 0 Å². The van der Waals surface area contributed by atoms with E-state index in [4.69, 9.17) is 5.73 Å². The van der Waals surface area contributed by atoms with Crippen LogP contribution in [0.15, 0.2) is 34.1 Å². The summed E-state index contributed by atoms with van der Waals surface area (Å²) in [5.74, 6) is -0.133. The van der Waals surface area contributed by atoms with Gasteiger partial charge in [-0.2, -0.15) is 0 Å². The first kappa shape index (κ1) is 13.1. The van der Waals surface area contributed by atoms with E-state index in [2.05, 4.69) is 21.2 Å². The van der Waals surface area contributed by atoms with Crippen molar-refractivity contribution in [3.8, 4) is 0 Å². The number of aryl methyl sites for hydroxylation is 1. The van der Waals surface area contributed by atoms with Gasteiger partial charge < -0.3 is 11.1 Å². The highest BCUT2D eigenvalue weighted by atomic mass is 79.9. The molecule has 0 fully saturated rings. The number of nitrogen functional groups attached to an aromatic ring is 1. The predicted octanol–water partition coefficient (Wildman–Crippen LogP) is 3.33. The SMILES string of the molecule is Cc1cccc(N)c1C(=O)NCc1sccc1Br. The van der Waals surface area contributed by atoms with Crippen LogP contribution in [0.4, 0.5) is 5.69 Å². The van der Waals surface area contributed by atoms with Crippen LogP contribution in [0.2, 0.25) is 0 Å². The van der Waals surface area contributed by atoms with Gasteiger partial charge in [-0.3, -0.25) is 4.79 Å². The molecule has 1 aromatic carbocycles. The Labute approximate surface area is 118 Å². The third kappa shape index (κ3) is 2.73. The summed E-state index contributed by atoms with van der Waals surface area (Å²) in [6.07, 6.45) is 0. The molecule has 0 radical (unpaired) electrons. The number of anilines is 1. The molecular formula is C13H13BrN2OS. The number of rotatable bonds is 3. The molecule has 3 N–H and O–H groups in total. The first-order chi connectivity index (χ1) is 8.59. The van der Waals surface area contributed by atoms with Gasteiger partial charge in [0.15, 0.2) is 0 Å². The molecule has 0 aliphatic carbocycles. The van der Waals surface area contributed by atoms with Gasteiger partial charge in [0.25, 0.3) is 5.91 Å². The van der Waals surface area contributed by atoms with Crippen molar-refractivity contribution in [3.05, 3.63) is 50.1 Å². The van der Waals surface area contributed by atoms with Crippen LogP contribution in [-0.2, 0) is 6.54 Å². The predicted molar refractivity (Wildman–Crippen MR) is 78.8 cm³/mol. The summed E-state index contributed by atoms with van der Waals surface area (Å²) in [4.78, 5) is 13.2. The van der Waals surface area contributed by atoms with Gasteiger partial charge in [0, 0.05) is 15.0 Å². The van der Waals surface area contributed by atoms with E-state index in [1.165, 1.54) is 0 Å². The fourth-order valence-corrected chi connectivity index (χ4v) is 3.13. The molecule has 0 saturated carbocycles. The largest absolute Gasteiger partial charge is 0.398 e. The third-order valence-electron chi connectivity index (χ3n) is 2.63. The van der Waals surface area contributed by atoms with Gasteiger partial charge in [0.2, 0.25) is 0 Å². The van der Waals surface area contributed by atoms with E-state index < -0.39 is 0 Å². The number of amides is 1. The van der Waals surface area contributed by atoms with Crippen molar-refractivity contribution in [3.63, 3.8) is 0 Å². The van der Waals surface area contributed by atoms with E-state index in [-0.39, 0.29) is 5.91 Å². The second-order valence-electron chi connectivity index (χ2n) is 3.91. The standard InChI is InChI=1S/C13H13BrN2OS/c1-8-3-2-4-10(15)12(8)13(17)16-7-11-9(14)5-6-18-11/h2-6H,7,15H2,1H3,(H,16,17). The van der Waals surface area contributed by atoms with Crippen molar-refractivity contribution in [2.24, 2.45) is 0 Å². The quantitative estimate of drug-likeness (QED) is 0.851. The summed E-state index contributed by atoms with van der Waals surface area (Å²) >= 11 is 5.04. The van der Waals surface area contributed by atoms with Crippen molar-refractivity contribution in [1.29, 1.82) is 0 Å². The normalized spacial score (nSPS) is 10.3. The minimum absolute atomic E-state index is 0.133. The van der Waals surface area contributed by atoms with Crippen LogP contribution in [0.25, 0.3) is 0 Å². The average Bonchev–Trinajstić information content (AvgIpc) is 2.72. The Morgan fingerprint density at radius 1 is 1.44 bits per heavy atom. The second-order valence-corrected chi connectivity index (χ2v) is 5.77. The summed E-state index contributed by atoms with van der Waals surface area (Å²) in [7, 11) is 0. The Hall–Kier alpha value is -1.33. The van der Waals surface area contributed by atoms with Crippen molar-refractivity contribution in [2.75, 3.05) is 5.73 Å². The zero-order chi connectivity index (χ0) is 13.1. The molecule has 0 spiro atoms. The lowest BCUT2D eigenvalue weighted by Crippen LogP contribution is -2.24. The summed E-state index contributed by atoms with van der Waals surface area (Å²) in [6, 6.07) is 7.43. The number of carbonyl (C=O) groups is 1. The molecule has 3 nitrogen and oxygen atoms in total. The minimum atomic E-state index is -0.133. The Balaban J connectivity index is 2.11. The number of benzene rings is 1. The summed E-state index contributed by atoms with van der Waals surface area (Å²) in [6.45, 7) is 2.39. The highest BCUT2D eigenvalue weighted by molar-refractivity contribution is 9.10. The number of thiophene rings is 1. The molecule has 18 heavy (non-hydrogen) atoms. The maximum atomic E-state index is 12.1. The monoisotopic (exact) mass is 324 g/mol. The molecule has 0 bridgehead atoms. The molecule has 1 heterocycles. The number of carbonyl (C=O) groups excluding carboxylic acids is 1. The number of hydrogen-bond acceptors (Lipinski definition) is 3. The van der Waals surface area contributed by atoms with Crippen molar-refractivity contribution < 1.29 is 4.79 Å². The molecule has 1 aromatic heterocycles. The van der Waals surface area contributed by atoms with E-state index in [1.54, 1.807) is 17.4 Å². The topological polar surface area (TPSA) is 55.1 Å². The zero-order valence-corrected chi connectivity index (χ0v) is 12.3. The van der Waals surface area contributed by atoms with Crippen LogP contribution < -0.4 is 11.1 Å². The van der Waals surface area contributed by atoms with Crippen LogP contribution in [0.3, 0.4) is 0 Å². The molecule has 0 saturated heterocycles. The molecule has 0 atom stereocenters. The van der Waals surface area contributed by atoms with Crippen LogP contribution in [0.1, 0.15) is 20.8 Å². The van der Waals surface area contributed by atoms with Gasteiger partial charge in [-0.25, -0.2) is 0 Å². The van der Waals surface area contributed by atoms with Gasteiger partial charge in [-0.1, -0.05) is 12.1 Å². The fourth-order valence-electron chi connectivity index (χ4n) is 1.70. The summed E-state index contributed by atoms with van der Waals surface area (Å²) < 4.78 is 1.02. The number of nitrogens with two attached hydrogens (primary N) is 1. The number of nitrogens with one attached hydrogen (secondary N) is 1. The Bertz CT molecular complexity index is 560. The van der Waals surface area contributed by atoms with Gasteiger partial charge >= 0.3 is 0 Å². The molecular weight excluding hydrogens is 312 g/mol. The minimum Gasteiger partial charge on any atom is -0.398 e. The molecule has 0 aliphatic rings. The second kappa shape index (κ2) is 5.54. The van der Waals surface area contributed by atoms with E-state index in [9.17, 15) is 4.79 Å². The summed E-state index contributed by atoms with van der Waals surface area (Å²) in [5.41, 5.74) is 7.79. The fraction of sp³-hybridized carbons (Fsp3) is 0.154. The van der Waals surface area contributed by atoms with Crippen molar-refractivity contribution in [2.45, 2.75) is 13.5 Å². The van der Waals surface area contributed by atoms with Gasteiger partial charge in [0.1, 0.15) is 0 Å². The molecule has 0 aliphatic heterocycles. The Morgan fingerprint density at radius 3 is 2.83 bits per heavy atom. The molecule has 5 heteroatoms. The first-order valence-corrected chi connectivity index (χ1v) is 7.12. The Kier molecular flexibility index (Phi) is 4.04. The van der Waals surface area contributed by atoms with E-state index >= 15 is 0 Å². The zero-order valence-electron chi connectivity index (χ0n) is 9.87. The molecule has 2 aromatic rings. The number of hydrogen-bond donors (Lipinski definition) is 2. The van der Waals surface area contributed by atoms with E-state index in [1.807, 2.05) is 30.5 Å². The molecule has 1 amide bonds. The van der Waals surface area contributed by atoms with Crippen LogP contribution in [-0.4, -0.2) is 5.91 Å². The van der Waals surface area contributed by atoms with Gasteiger partial charge in [0.05, 0.1) is 12.1 Å². The Morgan fingerprint density at radius 2 is 2.22 bits per heavy atom. The van der Waals surface area contributed by atoms with E-state index in [0.717, 1.165) is 14.9 Å². The maximum Gasteiger partial charge on any atom is 0.253 e. The van der Waals surface area contributed by atoms with Gasteiger partial charge in [-0.15, -0.1) is 11.3 Å². The van der Waals surface area contributed by atoms with Crippen molar-refractivity contribution in [1.82, 2.24) is 5.32 Å².